The van der Waals surface area contributed by atoms with Gasteiger partial charge in [0.25, 0.3) is 0 Å². The van der Waals surface area contributed by atoms with Gasteiger partial charge in [0, 0.05) is 6.92 Å². The number of hydrogen-bond acceptors (Lipinski definition) is 2. The van der Waals surface area contributed by atoms with Crippen molar-refractivity contribution in [2.45, 2.75) is 132 Å². The Bertz CT molecular complexity index is 250. The van der Waals surface area contributed by atoms with Gasteiger partial charge in [-0.15, -0.1) is 0 Å². The van der Waals surface area contributed by atoms with Crippen LogP contribution in [0.15, 0.2) is 0 Å². The molecular weight excluding hydrogens is 308 g/mol. The van der Waals surface area contributed by atoms with Crippen molar-refractivity contribution in [1.29, 1.82) is 0 Å². The molecule has 0 aromatic carbocycles. The molecule has 0 N–H and O–H groups in total. The van der Waals surface area contributed by atoms with Gasteiger partial charge in [-0.1, -0.05) is 119 Å². The molecule has 2 nitrogen and oxygen atoms in total. The molecule has 25 heavy (non-hydrogen) atoms. The Morgan fingerprint density at radius 3 is 1.44 bits per heavy atom. The third-order valence-electron chi connectivity index (χ3n) is 4.62. The van der Waals surface area contributed by atoms with Crippen molar-refractivity contribution in [2.24, 2.45) is 5.92 Å². The third-order valence-corrected chi connectivity index (χ3v) is 4.62. The van der Waals surface area contributed by atoms with Crippen LogP contribution in [0.25, 0.3) is 0 Å². The lowest BCUT2D eigenvalue weighted by Gasteiger charge is -2.10. The summed E-state index contributed by atoms with van der Waals surface area (Å²) in [5.74, 6) is 0.356. The Hall–Kier alpha value is -0.530. The van der Waals surface area contributed by atoms with Crippen LogP contribution in [0.3, 0.4) is 0 Å². The highest BCUT2D eigenvalue weighted by Gasteiger charge is 2.03. The van der Waals surface area contributed by atoms with E-state index in [-0.39, 0.29) is 20.8 Å². The van der Waals surface area contributed by atoms with Crippen LogP contribution in [0.2, 0.25) is 0 Å². The topological polar surface area (TPSA) is 26.3 Å². The lowest BCUT2D eigenvalue weighted by atomic mass is 10.0. The second-order valence-electron chi connectivity index (χ2n) is 7.29. The molecule has 0 spiro atoms. The van der Waals surface area contributed by atoms with Crippen LogP contribution in [0.5, 0.6) is 0 Å². The predicted octanol–water partition coefficient (Wildman–Crippen LogP) is 8.33. The van der Waals surface area contributed by atoms with Gasteiger partial charge in [-0.3, -0.25) is 4.79 Å². The third kappa shape index (κ3) is 25.8. The van der Waals surface area contributed by atoms with E-state index in [1.54, 1.807) is 0 Å². The summed E-state index contributed by atoms with van der Waals surface area (Å²) in [6.45, 7) is 6.53. The molecule has 154 valence electrons. The van der Waals surface area contributed by atoms with Crippen LogP contribution in [0, 0.1) is 5.92 Å². The van der Waals surface area contributed by atoms with Gasteiger partial charge in [0.1, 0.15) is 0 Å². The zero-order valence-corrected chi connectivity index (χ0v) is 16.2. The van der Waals surface area contributed by atoms with Crippen molar-refractivity contribution in [2.75, 3.05) is 6.61 Å². The van der Waals surface area contributed by atoms with E-state index in [2.05, 4.69) is 13.8 Å². The Morgan fingerprint density at radius 2 is 1.08 bits per heavy atom. The summed E-state index contributed by atoms with van der Waals surface area (Å²) < 4.78 is 5.03. The number of hydrogen-bond donors (Lipinski definition) is 0. The molecule has 2 heteroatoms. The van der Waals surface area contributed by atoms with Gasteiger partial charge < -0.3 is 4.74 Å². The fourth-order valence-electron chi connectivity index (χ4n) is 3.03. The summed E-state index contributed by atoms with van der Waals surface area (Å²) in [6.07, 6.45) is 20.9. The van der Waals surface area contributed by atoms with Gasteiger partial charge in [-0.2, -0.15) is 0 Å². The van der Waals surface area contributed by atoms with Gasteiger partial charge in [0.15, 0.2) is 0 Å². The first kappa shape index (κ1) is 29.2. The SMILES string of the molecule is C.C.CCCCCCCCCCCCCCCCC(C)COC(C)=O. The zero-order valence-electron chi connectivity index (χ0n) is 16.2. The fraction of sp³-hybridized carbons (Fsp3) is 0.957. The van der Waals surface area contributed by atoms with Crippen LogP contribution in [0.1, 0.15) is 132 Å². The summed E-state index contributed by atoms with van der Waals surface area (Å²) in [6, 6.07) is 0. The first-order valence-electron chi connectivity index (χ1n) is 10.3. The van der Waals surface area contributed by atoms with Crippen molar-refractivity contribution in [1.82, 2.24) is 0 Å². The minimum absolute atomic E-state index is 0. The molecule has 0 saturated heterocycles. The lowest BCUT2D eigenvalue weighted by Crippen LogP contribution is -2.09. The monoisotopic (exact) mass is 358 g/mol. The van der Waals surface area contributed by atoms with Gasteiger partial charge >= 0.3 is 5.97 Å². The van der Waals surface area contributed by atoms with Crippen molar-refractivity contribution >= 4 is 5.97 Å². The number of esters is 1. The molecule has 0 saturated carbocycles. The number of unbranched alkanes of at least 4 members (excludes halogenated alkanes) is 13. The van der Waals surface area contributed by atoms with Crippen LogP contribution in [-0.2, 0) is 9.53 Å². The van der Waals surface area contributed by atoms with Crippen molar-refractivity contribution in [3.63, 3.8) is 0 Å². The van der Waals surface area contributed by atoms with Crippen LogP contribution < -0.4 is 0 Å². The van der Waals surface area contributed by atoms with E-state index in [0.29, 0.717) is 12.5 Å². The first-order valence-corrected chi connectivity index (χ1v) is 10.3. The van der Waals surface area contributed by atoms with E-state index in [4.69, 9.17) is 4.74 Å². The molecule has 1 atom stereocenters. The molecule has 0 radical (unpaired) electrons. The van der Waals surface area contributed by atoms with Crippen LogP contribution >= 0.6 is 0 Å². The van der Waals surface area contributed by atoms with Crippen molar-refractivity contribution in [3.8, 4) is 0 Å². The molecule has 0 heterocycles. The van der Waals surface area contributed by atoms with Gasteiger partial charge in [0.2, 0.25) is 0 Å². The molecule has 0 amide bonds. The Morgan fingerprint density at radius 1 is 0.720 bits per heavy atom. The van der Waals surface area contributed by atoms with E-state index >= 15 is 0 Å². The average molecular weight is 359 g/mol. The molecule has 0 aromatic heterocycles. The fourth-order valence-corrected chi connectivity index (χ4v) is 3.03. The molecule has 0 aliphatic heterocycles. The summed E-state index contributed by atoms with van der Waals surface area (Å²) in [5.41, 5.74) is 0. The normalized spacial score (nSPS) is 11.3. The second-order valence-corrected chi connectivity index (χ2v) is 7.29. The maximum Gasteiger partial charge on any atom is 0.302 e. The number of carbonyl (C=O) groups is 1. The molecule has 0 rings (SSSR count). The van der Waals surface area contributed by atoms with E-state index in [1.807, 2.05) is 0 Å². The van der Waals surface area contributed by atoms with Gasteiger partial charge in [-0.25, -0.2) is 0 Å². The highest BCUT2D eigenvalue weighted by atomic mass is 16.5. The standard InChI is InChI=1S/C21H42O2.2CH4/c1-4-5-6-7-8-9-10-11-12-13-14-15-16-17-18-20(2)19-23-21(3)22;;/h20H,4-19H2,1-3H3;2*1H4. The summed E-state index contributed by atoms with van der Waals surface area (Å²) in [7, 11) is 0. The van der Waals surface area contributed by atoms with E-state index in [0.717, 1.165) is 0 Å². The molecule has 0 aliphatic carbocycles. The molecule has 0 aliphatic rings. The van der Waals surface area contributed by atoms with Gasteiger partial charge in [-0.05, 0) is 12.3 Å². The molecular formula is C23H50O2. The van der Waals surface area contributed by atoms with E-state index in [1.165, 1.54) is 103 Å². The van der Waals surface area contributed by atoms with Gasteiger partial charge in [0.05, 0.1) is 6.61 Å². The maximum absolute atomic E-state index is 10.7. The zero-order chi connectivity index (χ0) is 17.2. The Kier molecular flexibility index (Phi) is 27.5. The minimum atomic E-state index is -0.155. The second kappa shape index (κ2) is 23.5. The molecule has 0 bridgehead atoms. The summed E-state index contributed by atoms with van der Waals surface area (Å²) >= 11 is 0. The van der Waals surface area contributed by atoms with E-state index in [9.17, 15) is 4.79 Å². The largest absolute Gasteiger partial charge is 0.466 e. The lowest BCUT2D eigenvalue weighted by molar-refractivity contribution is -0.142. The Labute approximate surface area is 160 Å². The predicted molar refractivity (Wildman–Crippen MR) is 114 cm³/mol. The first-order chi connectivity index (χ1) is 11.2. The minimum Gasteiger partial charge on any atom is -0.466 e. The molecule has 1 unspecified atom stereocenters. The highest BCUT2D eigenvalue weighted by molar-refractivity contribution is 5.65. The Balaban J connectivity index is -0.00000242. The average Bonchev–Trinajstić information content (AvgIpc) is 2.53. The van der Waals surface area contributed by atoms with Crippen LogP contribution in [0.4, 0.5) is 0 Å². The van der Waals surface area contributed by atoms with Crippen molar-refractivity contribution in [3.05, 3.63) is 0 Å². The van der Waals surface area contributed by atoms with Crippen molar-refractivity contribution < 1.29 is 9.53 Å². The summed E-state index contributed by atoms with van der Waals surface area (Å²) in [4.78, 5) is 10.7. The number of carbonyl (C=O) groups excluding carboxylic acids is 1. The smallest absolute Gasteiger partial charge is 0.302 e. The number of rotatable bonds is 17. The van der Waals surface area contributed by atoms with E-state index < -0.39 is 0 Å². The molecule has 0 aromatic rings. The number of ether oxygens (including phenoxy) is 1. The van der Waals surface area contributed by atoms with Crippen LogP contribution in [-0.4, -0.2) is 12.6 Å². The quantitative estimate of drug-likeness (QED) is 0.193. The summed E-state index contributed by atoms with van der Waals surface area (Å²) in [5, 5.41) is 0. The highest BCUT2D eigenvalue weighted by Crippen LogP contribution is 2.15. The molecule has 0 fully saturated rings. The maximum atomic E-state index is 10.7.